The summed E-state index contributed by atoms with van der Waals surface area (Å²) in [4.78, 5) is 6.78. The van der Waals surface area contributed by atoms with Gasteiger partial charge in [-0.3, -0.25) is 0 Å². The third-order valence-electron chi connectivity index (χ3n) is 1.66. The lowest BCUT2D eigenvalue weighted by atomic mass is 10.5. The summed E-state index contributed by atoms with van der Waals surface area (Å²) in [5.41, 5.74) is 0. The van der Waals surface area contributed by atoms with E-state index >= 15 is 0 Å². The Hall–Kier alpha value is -0.390. The van der Waals surface area contributed by atoms with Crippen LogP contribution in [0.15, 0.2) is 22.1 Å². The van der Waals surface area contributed by atoms with Crippen LogP contribution in [-0.4, -0.2) is 4.98 Å². The molecule has 0 bridgehead atoms. The third kappa shape index (κ3) is 2.56. The Morgan fingerprint density at radius 1 is 1.57 bits per heavy atom. The van der Waals surface area contributed by atoms with E-state index in [9.17, 15) is 0 Å². The number of nitrogens with zero attached hydrogens (tertiary/aromatic N) is 1. The molecule has 0 radical (unpaired) electrons. The molecule has 1 N–H and O–H groups in total. The molecule has 0 spiro atoms. The van der Waals surface area contributed by atoms with Gasteiger partial charge in [-0.05, 0) is 28.9 Å². The molecule has 0 saturated carbocycles. The van der Waals surface area contributed by atoms with Crippen LogP contribution in [0, 0.1) is 6.92 Å². The number of nitrogens with one attached hydrogen (secondary N) is 1. The third-order valence-corrected chi connectivity index (χ3v) is 4.22. The van der Waals surface area contributed by atoms with Crippen LogP contribution < -0.4 is 5.32 Å². The molecule has 0 amide bonds. The molecule has 0 fully saturated rings. The minimum atomic E-state index is 0.850. The quantitative estimate of drug-likeness (QED) is 0.927. The Morgan fingerprint density at radius 3 is 3.00 bits per heavy atom. The molecule has 2 heterocycles. The Morgan fingerprint density at radius 2 is 2.43 bits per heavy atom. The average Bonchev–Trinajstić information content (AvgIpc) is 2.72. The number of rotatable bonds is 3. The van der Waals surface area contributed by atoms with Crippen molar-refractivity contribution in [2.45, 2.75) is 13.5 Å². The summed E-state index contributed by atoms with van der Waals surface area (Å²) in [7, 11) is 0. The summed E-state index contributed by atoms with van der Waals surface area (Å²) in [5, 5.41) is 6.37. The molecule has 2 aromatic rings. The smallest absolute Gasteiger partial charge is 0.183 e. The number of anilines is 1. The molecule has 0 aliphatic carbocycles. The Bertz CT molecular complexity index is 382. The van der Waals surface area contributed by atoms with Crippen LogP contribution >= 0.6 is 38.6 Å². The van der Waals surface area contributed by atoms with Gasteiger partial charge in [0.15, 0.2) is 5.13 Å². The SMILES string of the molecule is Cc1cnc(NCc2cc(Br)cs2)s1. The van der Waals surface area contributed by atoms with E-state index in [1.165, 1.54) is 9.75 Å². The normalized spacial score (nSPS) is 10.4. The van der Waals surface area contributed by atoms with Gasteiger partial charge in [-0.25, -0.2) is 4.98 Å². The van der Waals surface area contributed by atoms with Crippen molar-refractivity contribution >= 4 is 43.7 Å². The molecule has 0 aliphatic rings. The lowest BCUT2D eigenvalue weighted by Crippen LogP contribution is -1.95. The topological polar surface area (TPSA) is 24.9 Å². The van der Waals surface area contributed by atoms with E-state index in [0.29, 0.717) is 0 Å². The molecular formula is C9H9BrN2S2. The molecule has 0 saturated heterocycles. The van der Waals surface area contributed by atoms with Gasteiger partial charge in [-0.15, -0.1) is 22.7 Å². The van der Waals surface area contributed by atoms with Crippen molar-refractivity contribution in [2.24, 2.45) is 0 Å². The molecule has 5 heteroatoms. The van der Waals surface area contributed by atoms with Crippen LogP contribution in [0.2, 0.25) is 0 Å². The van der Waals surface area contributed by atoms with Crippen molar-refractivity contribution in [3.05, 3.63) is 31.9 Å². The first-order valence-electron chi connectivity index (χ1n) is 4.13. The van der Waals surface area contributed by atoms with Crippen molar-refractivity contribution in [1.29, 1.82) is 0 Å². The second-order valence-corrected chi connectivity index (χ2v) is 6.01. The van der Waals surface area contributed by atoms with Gasteiger partial charge in [0.25, 0.3) is 0 Å². The van der Waals surface area contributed by atoms with Crippen LogP contribution in [0.25, 0.3) is 0 Å². The lowest BCUT2D eigenvalue weighted by Gasteiger charge is -1.98. The van der Waals surface area contributed by atoms with E-state index in [4.69, 9.17) is 0 Å². The Labute approximate surface area is 99.1 Å². The number of aryl methyl sites for hydroxylation is 1. The van der Waals surface area contributed by atoms with E-state index in [0.717, 1.165) is 16.1 Å². The van der Waals surface area contributed by atoms with Gasteiger partial charge in [0, 0.05) is 25.8 Å². The predicted molar refractivity (Wildman–Crippen MR) is 66.2 cm³/mol. The molecule has 2 rings (SSSR count). The highest BCUT2D eigenvalue weighted by Gasteiger charge is 2.00. The van der Waals surface area contributed by atoms with E-state index in [1.54, 1.807) is 22.7 Å². The van der Waals surface area contributed by atoms with Crippen LogP contribution in [0.5, 0.6) is 0 Å². The van der Waals surface area contributed by atoms with Crippen molar-refractivity contribution in [3.8, 4) is 0 Å². The minimum Gasteiger partial charge on any atom is -0.357 e. The maximum Gasteiger partial charge on any atom is 0.183 e. The highest BCUT2D eigenvalue weighted by Crippen LogP contribution is 2.22. The zero-order valence-electron chi connectivity index (χ0n) is 7.58. The molecule has 14 heavy (non-hydrogen) atoms. The van der Waals surface area contributed by atoms with Gasteiger partial charge in [0.05, 0.1) is 6.54 Å². The van der Waals surface area contributed by atoms with Gasteiger partial charge in [0.1, 0.15) is 0 Å². The van der Waals surface area contributed by atoms with Crippen LogP contribution in [0.3, 0.4) is 0 Å². The van der Waals surface area contributed by atoms with E-state index < -0.39 is 0 Å². The lowest BCUT2D eigenvalue weighted by molar-refractivity contribution is 1.17. The minimum absolute atomic E-state index is 0.850. The van der Waals surface area contributed by atoms with Gasteiger partial charge >= 0.3 is 0 Å². The van der Waals surface area contributed by atoms with E-state index in [2.05, 4.69) is 44.6 Å². The fourth-order valence-corrected chi connectivity index (χ4v) is 3.10. The molecule has 0 aliphatic heterocycles. The van der Waals surface area contributed by atoms with Crippen LogP contribution in [0.1, 0.15) is 9.75 Å². The average molecular weight is 289 g/mol. The van der Waals surface area contributed by atoms with Gasteiger partial charge in [0.2, 0.25) is 0 Å². The summed E-state index contributed by atoms with van der Waals surface area (Å²) >= 11 is 6.86. The number of hydrogen-bond acceptors (Lipinski definition) is 4. The Balaban J connectivity index is 1.94. The first-order valence-corrected chi connectivity index (χ1v) is 6.62. The molecule has 74 valence electrons. The van der Waals surface area contributed by atoms with Crippen LogP contribution in [0.4, 0.5) is 5.13 Å². The van der Waals surface area contributed by atoms with Crippen molar-refractivity contribution in [3.63, 3.8) is 0 Å². The van der Waals surface area contributed by atoms with Crippen LogP contribution in [-0.2, 0) is 6.54 Å². The van der Waals surface area contributed by atoms with Crippen molar-refractivity contribution in [1.82, 2.24) is 4.98 Å². The number of thiazole rings is 1. The maximum absolute atomic E-state index is 4.24. The number of hydrogen-bond donors (Lipinski definition) is 1. The Kier molecular flexibility index (Phi) is 3.20. The second-order valence-electron chi connectivity index (χ2n) is 2.86. The van der Waals surface area contributed by atoms with Crippen molar-refractivity contribution in [2.75, 3.05) is 5.32 Å². The molecule has 0 aromatic carbocycles. The molecule has 0 unspecified atom stereocenters. The highest BCUT2D eigenvalue weighted by molar-refractivity contribution is 9.10. The second kappa shape index (κ2) is 4.42. The maximum atomic E-state index is 4.24. The number of halogens is 1. The zero-order chi connectivity index (χ0) is 9.97. The van der Waals surface area contributed by atoms with Crippen molar-refractivity contribution < 1.29 is 0 Å². The highest BCUT2D eigenvalue weighted by atomic mass is 79.9. The van der Waals surface area contributed by atoms with Gasteiger partial charge in [-0.2, -0.15) is 0 Å². The largest absolute Gasteiger partial charge is 0.357 e. The fraction of sp³-hybridized carbons (Fsp3) is 0.222. The summed E-state index contributed by atoms with van der Waals surface area (Å²) in [6, 6.07) is 2.12. The van der Waals surface area contributed by atoms with E-state index in [-0.39, 0.29) is 0 Å². The summed E-state index contributed by atoms with van der Waals surface area (Å²) in [6.07, 6.45) is 1.89. The van der Waals surface area contributed by atoms with E-state index in [1.807, 2.05) is 6.20 Å². The predicted octanol–water partition coefficient (Wildman–Crippen LogP) is 3.89. The standard InChI is InChI=1S/C9H9BrN2S2/c1-6-3-11-9(14-6)12-4-8-2-7(10)5-13-8/h2-3,5H,4H2,1H3,(H,11,12). The number of aromatic nitrogens is 1. The van der Waals surface area contributed by atoms with Gasteiger partial charge in [-0.1, -0.05) is 0 Å². The molecular weight excluding hydrogens is 280 g/mol. The monoisotopic (exact) mass is 288 g/mol. The first-order chi connectivity index (χ1) is 6.74. The summed E-state index contributed by atoms with van der Waals surface area (Å²) in [5.74, 6) is 0. The molecule has 0 atom stereocenters. The first kappa shape index (κ1) is 10.1. The van der Waals surface area contributed by atoms with Gasteiger partial charge < -0.3 is 5.32 Å². The summed E-state index contributed by atoms with van der Waals surface area (Å²) < 4.78 is 1.15. The molecule has 2 nitrogen and oxygen atoms in total. The number of thiophene rings is 1. The summed E-state index contributed by atoms with van der Waals surface area (Å²) in [6.45, 7) is 2.91. The zero-order valence-corrected chi connectivity index (χ0v) is 10.8. The fourth-order valence-electron chi connectivity index (χ4n) is 1.05. The molecule has 2 aromatic heterocycles.